The smallest absolute Gasteiger partial charge is 0.224 e. The van der Waals surface area contributed by atoms with E-state index in [9.17, 15) is 4.79 Å². The van der Waals surface area contributed by atoms with E-state index in [1.807, 2.05) is 0 Å². The summed E-state index contributed by atoms with van der Waals surface area (Å²) in [4.78, 5) is 11.9. The van der Waals surface area contributed by atoms with Gasteiger partial charge in [0, 0.05) is 15.1 Å². The Bertz CT molecular complexity index is 624. The maximum Gasteiger partial charge on any atom is 0.224 e. The maximum absolute atomic E-state index is 11.9. The second-order valence-corrected chi connectivity index (χ2v) is 5.78. The summed E-state index contributed by atoms with van der Waals surface area (Å²) in [6, 6.07) is 12.2. The van der Waals surface area contributed by atoms with E-state index in [-0.39, 0.29) is 12.3 Å². The van der Waals surface area contributed by atoms with E-state index in [0.29, 0.717) is 39.5 Å². The van der Waals surface area contributed by atoms with Crippen molar-refractivity contribution in [1.82, 2.24) is 5.32 Å². The molecule has 0 radical (unpaired) electrons. The van der Waals surface area contributed by atoms with Crippen LogP contribution in [0, 0.1) is 0 Å². The molecule has 2 rings (SSSR count). The van der Waals surface area contributed by atoms with Crippen LogP contribution in [0.3, 0.4) is 0 Å². The molecule has 0 unspecified atom stereocenters. The molecule has 1 amide bonds. The number of benzene rings is 2. The Morgan fingerprint density at radius 1 is 1.00 bits per heavy atom. The SMILES string of the molecule is O=C(Cc1c(Cl)cccc1Cl)NCCOc1ccc(Cl)cc1. The van der Waals surface area contributed by atoms with Crippen molar-refractivity contribution in [2.45, 2.75) is 6.42 Å². The summed E-state index contributed by atoms with van der Waals surface area (Å²) >= 11 is 17.8. The molecule has 2 aromatic carbocycles. The Labute approximate surface area is 144 Å². The molecule has 0 fully saturated rings. The molecule has 0 saturated carbocycles. The number of nitrogens with one attached hydrogen (secondary N) is 1. The minimum atomic E-state index is -0.158. The summed E-state index contributed by atoms with van der Waals surface area (Å²) in [5, 5.41) is 4.38. The van der Waals surface area contributed by atoms with Gasteiger partial charge in [-0.15, -0.1) is 0 Å². The topological polar surface area (TPSA) is 38.3 Å². The predicted octanol–water partition coefficient (Wildman–Crippen LogP) is 4.38. The van der Waals surface area contributed by atoms with Gasteiger partial charge in [-0.1, -0.05) is 40.9 Å². The van der Waals surface area contributed by atoms with Gasteiger partial charge in [0.05, 0.1) is 13.0 Å². The van der Waals surface area contributed by atoms with Crippen LogP contribution in [0.25, 0.3) is 0 Å². The van der Waals surface area contributed by atoms with Crippen LogP contribution >= 0.6 is 34.8 Å². The largest absolute Gasteiger partial charge is 0.492 e. The average molecular weight is 359 g/mol. The van der Waals surface area contributed by atoms with E-state index in [1.165, 1.54) is 0 Å². The molecule has 0 aromatic heterocycles. The summed E-state index contributed by atoms with van der Waals surface area (Å²) in [5.41, 5.74) is 0.627. The van der Waals surface area contributed by atoms with Crippen LogP contribution in [0.2, 0.25) is 15.1 Å². The minimum Gasteiger partial charge on any atom is -0.492 e. The first kappa shape index (κ1) is 16.9. The normalized spacial score (nSPS) is 10.3. The molecule has 0 bridgehead atoms. The second-order valence-electron chi connectivity index (χ2n) is 4.53. The van der Waals surface area contributed by atoms with Crippen molar-refractivity contribution in [3.05, 3.63) is 63.1 Å². The number of halogens is 3. The fraction of sp³-hybridized carbons (Fsp3) is 0.188. The van der Waals surface area contributed by atoms with E-state index in [0.717, 1.165) is 0 Å². The summed E-state index contributed by atoms with van der Waals surface area (Å²) < 4.78 is 5.48. The first-order chi connectivity index (χ1) is 10.6. The lowest BCUT2D eigenvalue weighted by Gasteiger charge is -2.09. The van der Waals surface area contributed by atoms with Crippen molar-refractivity contribution in [2.24, 2.45) is 0 Å². The van der Waals surface area contributed by atoms with Crippen LogP contribution in [0.5, 0.6) is 5.75 Å². The van der Waals surface area contributed by atoms with Crippen LogP contribution in [-0.2, 0) is 11.2 Å². The fourth-order valence-corrected chi connectivity index (χ4v) is 2.47. The molecule has 2 aromatic rings. The quantitative estimate of drug-likeness (QED) is 0.778. The molecule has 1 N–H and O–H groups in total. The number of carbonyl (C=O) groups excluding carboxylic acids is 1. The molecule has 22 heavy (non-hydrogen) atoms. The van der Waals surface area contributed by atoms with Gasteiger partial charge >= 0.3 is 0 Å². The highest BCUT2D eigenvalue weighted by atomic mass is 35.5. The summed E-state index contributed by atoms with van der Waals surface area (Å²) in [6.45, 7) is 0.757. The molecule has 0 atom stereocenters. The first-order valence-electron chi connectivity index (χ1n) is 6.64. The monoisotopic (exact) mass is 357 g/mol. The molecule has 6 heteroatoms. The summed E-state index contributed by atoms with van der Waals surface area (Å²) in [7, 11) is 0. The van der Waals surface area contributed by atoms with Crippen LogP contribution in [0.4, 0.5) is 0 Å². The van der Waals surface area contributed by atoms with Crippen LogP contribution in [0.1, 0.15) is 5.56 Å². The van der Waals surface area contributed by atoms with Gasteiger partial charge in [-0.25, -0.2) is 0 Å². The molecule has 0 aliphatic rings. The lowest BCUT2D eigenvalue weighted by Crippen LogP contribution is -2.29. The van der Waals surface area contributed by atoms with Crippen molar-refractivity contribution in [3.8, 4) is 5.75 Å². The van der Waals surface area contributed by atoms with Gasteiger partial charge in [0.2, 0.25) is 5.91 Å². The van der Waals surface area contributed by atoms with E-state index >= 15 is 0 Å². The van der Waals surface area contributed by atoms with Crippen molar-refractivity contribution < 1.29 is 9.53 Å². The maximum atomic E-state index is 11.9. The Kier molecular flexibility index (Phi) is 6.37. The minimum absolute atomic E-state index is 0.138. The van der Waals surface area contributed by atoms with E-state index in [2.05, 4.69) is 5.32 Å². The zero-order valence-electron chi connectivity index (χ0n) is 11.6. The zero-order chi connectivity index (χ0) is 15.9. The Hall–Kier alpha value is -1.42. The van der Waals surface area contributed by atoms with Crippen molar-refractivity contribution in [2.75, 3.05) is 13.2 Å². The summed E-state index contributed by atoms with van der Waals surface area (Å²) in [5.74, 6) is 0.544. The molecule has 0 aliphatic carbocycles. The molecule has 0 saturated heterocycles. The van der Waals surface area contributed by atoms with E-state index in [1.54, 1.807) is 42.5 Å². The van der Waals surface area contributed by atoms with Crippen molar-refractivity contribution in [1.29, 1.82) is 0 Å². The van der Waals surface area contributed by atoms with Gasteiger partial charge in [0.25, 0.3) is 0 Å². The highest BCUT2D eigenvalue weighted by Crippen LogP contribution is 2.24. The zero-order valence-corrected chi connectivity index (χ0v) is 13.9. The van der Waals surface area contributed by atoms with Gasteiger partial charge in [0.1, 0.15) is 12.4 Å². The molecule has 0 aliphatic heterocycles. The lowest BCUT2D eigenvalue weighted by molar-refractivity contribution is -0.120. The molecule has 0 spiro atoms. The molecule has 0 heterocycles. The van der Waals surface area contributed by atoms with Crippen molar-refractivity contribution >= 4 is 40.7 Å². The highest BCUT2D eigenvalue weighted by Gasteiger charge is 2.10. The van der Waals surface area contributed by atoms with Gasteiger partial charge in [0.15, 0.2) is 0 Å². The predicted molar refractivity (Wildman–Crippen MR) is 90.1 cm³/mol. The third-order valence-electron chi connectivity index (χ3n) is 2.91. The standard InChI is InChI=1S/C16H14Cl3NO2/c17-11-4-6-12(7-5-11)22-9-8-20-16(21)10-13-14(18)2-1-3-15(13)19/h1-7H,8-10H2,(H,20,21). The van der Waals surface area contributed by atoms with Gasteiger partial charge in [-0.2, -0.15) is 0 Å². The Balaban J connectivity index is 1.75. The van der Waals surface area contributed by atoms with Gasteiger partial charge < -0.3 is 10.1 Å². The number of ether oxygens (including phenoxy) is 1. The third kappa shape index (κ3) is 5.09. The molecule has 3 nitrogen and oxygen atoms in total. The third-order valence-corrected chi connectivity index (χ3v) is 3.87. The van der Waals surface area contributed by atoms with Crippen LogP contribution < -0.4 is 10.1 Å². The number of rotatable bonds is 6. The highest BCUT2D eigenvalue weighted by molar-refractivity contribution is 6.36. The first-order valence-corrected chi connectivity index (χ1v) is 7.77. The second kappa shape index (κ2) is 8.28. The molecular formula is C16H14Cl3NO2. The van der Waals surface area contributed by atoms with Crippen molar-refractivity contribution in [3.63, 3.8) is 0 Å². The van der Waals surface area contributed by atoms with Gasteiger partial charge in [-0.05, 0) is 42.0 Å². The number of amides is 1. The number of carbonyl (C=O) groups is 1. The Morgan fingerprint density at radius 3 is 2.27 bits per heavy atom. The number of hydrogen-bond acceptors (Lipinski definition) is 2. The number of hydrogen-bond donors (Lipinski definition) is 1. The Morgan fingerprint density at radius 2 is 1.64 bits per heavy atom. The lowest BCUT2D eigenvalue weighted by atomic mass is 10.1. The summed E-state index contributed by atoms with van der Waals surface area (Å²) in [6.07, 6.45) is 0.138. The van der Waals surface area contributed by atoms with E-state index < -0.39 is 0 Å². The molecular weight excluding hydrogens is 345 g/mol. The van der Waals surface area contributed by atoms with Crippen LogP contribution in [0.15, 0.2) is 42.5 Å². The van der Waals surface area contributed by atoms with Crippen LogP contribution in [-0.4, -0.2) is 19.1 Å². The molecule has 116 valence electrons. The van der Waals surface area contributed by atoms with E-state index in [4.69, 9.17) is 39.5 Å². The fourth-order valence-electron chi connectivity index (χ4n) is 1.81. The van der Waals surface area contributed by atoms with Gasteiger partial charge in [-0.3, -0.25) is 4.79 Å². The average Bonchev–Trinajstić information content (AvgIpc) is 2.49.